The highest BCUT2D eigenvalue weighted by atomic mass is 32.1. The van der Waals surface area contributed by atoms with Crippen LogP contribution in [0.3, 0.4) is 0 Å². The highest BCUT2D eigenvalue weighted by molar-refractivity contribution is 7.17. The maximum atomic E-state index is 10.4. The largest absolute Gasteiger partial charge is 0.388 e. The Morgan fingerprint density at radius 2 is 2.20 bits per heavy atom. The zero-order chi connectivity index (χ0) is 13.5. The van der Waals surface area contributed by atoms with E-state index in [1.54, 1.807) is 11.3 Å². The van der Waals surface area contributed by atoms with Crippen molar-refractivity contribution < 1.29 is 5.11 Å². The Kier molecular flexibility index (Phi) is 2.83. The normalized spacial score (nSPS) is 18.6. The molecule has 1 aliphatic carbocycles. The molecule has 1 aromatic carbocycles. The van der Waals surface area contributed by atoms with E-state index in [-0.39, 0.29) is 0 Å². The van der Waals surface area contributed by atoms with Gasteiger partial charge in [-0.1, -0.05) is 24.3 Å². The van der Waals surface area contributed by atoms with Gasteiger partial charge in [-0.25, -0.2) is 0 Å². The lowest BCUT2D eigenvalue weighted by Crippen LogP contribution is -2.19. The van der Waals surface area contributed by atoms with Crippen molar-refractivity contribution in [2.45, 2.75) is 24.9 Å². The Bertz CT molecular complexity index is 764. The number of hydrogen-bond donors (Lipinski definition) is 1. The highest BCUT2D eigenvalue weighted by Crippen LogP contribution is 2.40. The summed E-state index contributed by atoms with van der Waals surface area (Å²) in [6.07, 6.45) is 3.26. The van der Waals surface area contributed by atoms with Gasteiger partial charge in [0, 0.05) is 11.8 Å². The molecule has 0 spiro atoms. The van der Waals surface area contributed by atoms with Crippen LogP contribution in [0.1, 0.15) is 35.1 Å². The number of aliphatic hydroxyl groups excluding tert-OH is 1. The first-order chi connectivity index (χ1) is 9.81. The Morgan fingerprint density at radius 1 is 1.30 bits per heavy atom. The van der Waals surface area contributed by atoms with Crippen LogP contribution in [-0.4, -0.2) is 10.1 Å². The van der Waals surface area contributed by atoms with Gasteiger partial charge >= 0.3 is 0 Å². The molecule has 0 saturated heterocycles. The summed E-state index contributed by atoms with van der Waals surface area (Å²) in [6.45, 7) is 0. The van der Waals surface area contributed by atoms with Crippen LogP contribution in [0, 0.1) is 0 Å². The predicted octanol–water partition coefficient (Wildman–Crippen LogP) is 4.06. The van der Waals surface area contributed by atoms with Crippen molar-refractivity contribution in [1.82, 2.24) is 4.98 Å². The average molecular weight is 281 g/mol. The molecule has 2 atom stereocenters. The van der Waals surface area contributed by atoms with E-state index in [0.717, 1.165) is 28.6 Å². The van der Waals surface area contributed by atoms with Crippen LogP contribution in [0.4, 0.5) is 0 Å². The highest BCUT2D eigenvalue weighted by Gasteiger charge is 2.28. The van der Waals surface area contributed by atoms with Crippen LogP contribution in [-0.2, 0) is 6.42 Å². The predicted molar refractivity (Wildman–Crippen MR) is 82.1 cm³/mol. The molecular weight excluding hydrogens is 266 g/mol. The number of hydrogen-bond acceptors (Lipinski definition) is 3. The monoisotopic (exact) mass is 281 g/mol. The van der Waals surface area contributed by atoms with Gasteiger partial charge in [0.05, 0.1) is 16.3 Å². The molecule has 0 bridgehead atoms. The second-order valence-electron chi connectivity index (χ2n) is 5.42. The standard InChI is InChI=1S/C17H15NOS/c19-16(8-12-7-11-3-1-2-4-14(11)12)13-9-17-15(18-10-13)5-6-20-17/h1-6,9-10,12,16,19H,7-8H2. The minimum Gasteiger partial charge on any atom is -0.388 e. The fourth-order valence-corrected chi connectivity index (χ4v) is 3.81. The third-order valence-electron chi connectivity index (χ3n) is 4.18. The Hall–Kier alpha value is -1.71. The summed E-state index contributed by atoms with van der Waals surface area (Å²) >= 11 is 1.67. The van der Waals surface area contributed by atoms with Crippen LogP contribution >= 0.6 is 11.3 Å². The van der Waals surface area contributed by atoms with E-state index in [1.165, 1.54) is 11.1 Å². The fraction of sp³-hybridized carbons (Fsp3) is 0.235. The minimum absolute atomic E-state index is 0.424. The molecule has 3 heteroatoms. The van der Waals surface area contributed by atoms with Gasteiger partial charge in [0.25, 0.3) is 0 Å². The van der Waals surface area contributed by atoms with E-state index in [4.69, 9.17) is 0 Å². The van der Waals surface area contributed by atoms with Gasteiger partial charge in [-0.15, -0.1) is 11.3 Å². The Balaban J connectivity index is 1.55. The molecule has 2 unspecified atom stereocenters. The molecule has 1 N–H and O–H groups in total. The first-order valence-electron chi connectivity index (χ1n) is 6.90. The van der Waals surface area contributed by atoms with Crippen LogP contribution < -0.4 is 0 Å². The molecule has 2 nitrogen and oxygen atoms in total. The summed E-state index contributed by atoms with van der Waals surface area (Å²) in [5.41, 5.74) is 4.78. The van der Waals surface area contributed by atoms with Gasteiger partial charge in [-0.3, -0.25) is 4.98 Å². The molecule has 0 aliphatic heterocycles. The molecule has 0 radical (unpaired) electrons. The van der Waals surface area contributed by atoms with Gasteiger partial charge in [0.2, 0.25) is 0 Å². The summed E-state index contributed by atoms with van der Waals surface area (Å²) < 4.78 is 1.15. The lowest BCUT2D eigenvalue weighted by atomic mass is 9.74. The number of rotatable bonds is 3. The average Bonchev–Trinajstić information content (AvgIpc) is 2.92. The molecule has 4 rings (SSSR count). The second-order valence-corrected chi connectivity index (χ2v) is 6.37. The zero-order valence-corrected chi connectivity index (χ0v) is 11.8. The number of aromatic nitrogens is 1. The molecule has 2 aromatic heterocycles. The van der Waals surface area contributed by atoms with Gasteiger partial charge < -0.3 is 5.11 Å². The summed E-state index contributed by atoms with van der Waals surface area (Å²) in [6, 6.07) is 12.6. The lowest BCUT2D eigenvalue weighted by Gasteiger charge is -2.31. The molecule has 3 aromatic rings. The van der Waals surface area contributed by atoms with E-state index >= 15 is 0 Å². The number of benzene rings is 1. The Labute approximate surface area is 121 Å². The lowest BCUT2D eigenvalue weighted by molar-refractivity contribution is 0.153. The van der Waals surface area contributed by atoms with Crippen LogP contribution in [0.2, 0.25) is 0 Å². The number of nitrogens with zero attached hydrogens (tertiary/aromatic N) is 1. The zero-order valence-electron chi connectivity index (χ0n) is 11.0. The fourth-order valence-electron chi connectivity index (χ4n) is 3.02. The van der Waals surface area contributed by atoms with Crippen molar-refractivity contribution in [1.29, 1.82) is 0 Å². The molecular formula is C17H15NOS. The van der Waals surface area contributed by atoms with Crippen molar-refractivity contribution in [3.8, 4) is 0 Å². The third-order valence-corrected chi connectivity index (χ3v) is 5.03. The maximum Gasteiger partial charge on any atom is 0.0811 e. The number of pyridine rings is 1. The van der Waals surface area contributed by atoms with Gasteiger partial charge in [0.15, 0.2) is 0 Å². The van der Waals surface area contributed by atoms with Gasteiger partial charge in [0.1, 0.15) is 0 Å². The van der Waals surface area contributed by atoms with Crippen molar-refractivity contribution in [2.24, 2.45) is 0 Å². The van der Waals surface area contributed by atoms with Crippen molar-refractivity contribution in [3.63, 3.8) is 0 Å². The summed E-state index contributed by atoms with van der Waals surface area (Å²) in [5, 5.41) is 12.5. The molecule has 2 heterocycles. The third kappa shape index (κ3) is 1.94. The van der Waals surface area contributed by atoms with Crippen molar-refractivity contribution in [2.75, 3.05) is 0 Å². The number of fused-ring (bicyclic) bond motifs is 2. The van der Waals surface area contributed by atoms with Crippen molar-refractivity contribution in [3.05, 3.63) is 64.7 Å². The molecule has 20 heavy (non-hydrogen) atoms. The van der Waals surface area contributed by atoms with Gasteiger partial charge in [-0.2, -0.15) is 0 Å². The smallest absolute Gasteiger partial charge is 0.0811 e. The quantitative estimate of drug-likeness (QED) is 0.785. The van der Waals surface area contributed by atoms with E-state index in [1.807, 2.05) is 17.6 Å². The molecule has 0 saturated carbocycles. The minimum atomic E-state index is -0.424. The van der Waals surface area contributed by atoms with Crippen LogP contribution in [0.15, 0.2) is 48.0 Å². The van der Waals surface area contributed by atoms with E-state index in [2.05, 4.69) is 35.3 Å². The Morgan fingerprint density at radius 3 is 3.10 bits per heavy atom. The second kappa shape index (κ2) is 4.69. The first-order valence-corrected chi connectivity index (χ1v) is 7.78. The molecule has 1 aliphatic rings. The van der Waals surface area contributed by atoms with E-state index < -0.39 is 6.10 Å². The SMILES string of the molecule is OC(CC1Cc2ccccc21)c1cnc2ccsc2c1. The van der Waals surface area contributed by atoms with E-state index in [9.17, 15) is 5.11 Å². The molecule has 100 valence electrons. The summed E-state index contributed by atoms with van der Waals surface area (Å²) in [4.78, 5) is 4.41. The molecule has 0 fully saturated rings. The number of thiophene rings is 1. The number of aliphatic hydroxyl groups is 1. The summed E-state index contributed by atoms with van der Waals surface area (Å²) in [7, 11) is 0. The topological polar surface area (TPSA) is 33.1 Å². The van der Waals surface area contributed by atoms with Crippen molar-refractivity contribution >= 4 is 21.6 Å². The first kappa shape index (κ1) is 12.1. The van der Waals surface area contributed by atoms with Crippen LogP contribution in [0.5, 0.6) is 0 Å². The maximum absolute atomic E-state index is 10.4. The van der Waals surface area contributed by atoms with Crippen LogP contribution in [0.25, 0.3) is 10.2 Å². The summed E-state index contributed by atoms with van der Waals surface area (Å²) in [5.74, 6) is 0.486. The van der Waals surface area contributed by atoms with E-state index in [0.29, 0.717) is 5.92 Å². The van der Waals surface area contributed by atoms with Gasteiger partial charge in [-0.05, 0) is 47.4 Å². The molecule has 0 amide bonds.